The lowest BCUT2D eigenvalue weighted by molar-refractivity contribution is -0.128. The van der Waals surface area contributed by atoms with Crippen molar-refractivity contribution in [1.82, 2.24) is 19.0 Å². The van der Waals surface area contributed by atoms with Crippen molar-refractivity contribution < 1.29 is 13.2 Å². The van der Waals surface area contributed by atoms with Crippen LogP contribution in [0.25, 0.3) is 0 Å². The van der Waals surface area contributed by atoms with Crippen LogP contribution < -0.4 is 0 Å². The average molecular weight is 532 g/mol. The Bertz CT molecular complexity index is 1330. The van der Waals surface area contributed by atoms with Crippen molar-refractivity contribution in [3.8, 4) is 6.07 Å². The van der Waals surface area contributed by atoms with Gasteiger partial charge in [0.15, 0.2) is 0 Å². The fraction of sp³-hybridized carbons (Fsp3) is 0.379. The summed E-state index contributed by atoms with van der Waals surface area (Å²) >= 11 is 0. The minimum atomic E-state index is -3.55. The Labute approximate surface area is 225 Å². The van der Waals surface area contributed by atoms with Gasteiger partial charge in [0.2, 0.25) is 10.0 Å². The predicted molar refractivity (Wildman–Crippen MR) is 145 cm³/mol. The van der Waals surface area contributed by atoms with Crippen LogP contribution in [-0.2, 0) is 21.4 Å². The molecule has 0 aliphatic carbocycles. The second kappa shape index (κ2) is 11.5. The zero-order chi connectivity index (χ0) is 26.5. The molecule has 3 heterocycles. The number of nitrogens with zero attached hydrogens (tertiary/aromatic N) is 5. The molecule has 1 amide bonds. The van der Waals surface area contributed by atoms with Gasteiger partial charge >= 0.3 is 0 Å². The number of amides is 1. The number of likely N-dealkylation sites (tertiary alicyclic amines) is 1. The SMILES string of the molecule is N#Cc1ccc(CN2CCC(N3C=C(C(=O)N4CCN(S(=O)(=O)c5ccccc5)CC4)C=CC3)CC2)cc1. The van der Waals surface area contributed by atoms with E-state index >= 15 is 0 Å². The fourth-order valence-corrected chi connectivity index (χ4v) is 6.81. The Morgan fingerprint density at radius 2 is 1.61 bits per heavy atom. The van der Waals surface area contributed by atoms with E-state index in [1.54, 1.807) is 35.2 Å². The molecule has 0 atom stereocenters. The maximum absolute atomic E-state index is 13.3. The summed E-state index contributed by atoms with van der Waals surface area (Å²) in [6, 6.07) is 18.8. The van der Waals surface area contributed by atoms with E-state index in [1.165, 1.54) is 9.87 Å². The van der Waals surface area contributed by atoms with E-state index in [4.69, 9.17) is 5.26 Å². The van der Waals surface area contributed by atoms with Crippen LogP contribution in [0.2, 0.25) is 0 Å². The maximum atomic E-state index is 13.3. The summed E-state index contributed by atoms with van der Waals surface area (Å²) in [7, 11) is -3.55. The molecule has 2 aromatic rings. The van der Waals surface area contributed by atoms with E-state index < -0.39 is 10.0 Å². The first-order valence-electron chi connectivity index (χ1n) is 13.1. The highest BCUT2D eigenvalue weighted by atomic mass is 32.2. The minimum absolute atomic E-state index is 0.0408. The van der Waals surface area contributed by atoms with Gasteiger partial charge in [-0.3, -0.25) is 9.69 Å². The van der Waals surface area contributed by atoms with Crippen molar-refractivity contribution in [1.29, 1.82) is 5.26 Å². The Morgan fingerprint density at radius 3 is 2.26 bits per heavy atom. The lowest BCUT2D eigenvalue weighted by atomic mass is 10.0. The van der Waals surface area contributed by atoms with E-state index in [9.17, 15) is 13.2 Å². The van der Waals surface area contributed by atoms with Gasteiger partial charge in [0.1, 0.15) is 0 Å². The number of piperazine rings is 1. The fourth-order valence-electron chi connectivity index (χ4n) is 5.36. The van der Waals surface area contributed by atoms with Crippen LogP contribution in [0.3, 0.4) is 0 Å². The Morgan fingerprint density at radius 1 is 0.921 bits per heavy atom. The van der Waals surface area contributed by atoms with E-state index in [-0.39, 0.29) is 10.8 Å². The quantitative estimate of drug-likeness (QED) is 0.570. The van der Waals surface area contributed by atoms with E-state index in [1.807, 2.05) is 42.6 Å². The largest absolute Gasteiger partial charge is 0.370 e. The summed E-state index contributed by atoms with van der Waals surface area (Å²) < 4.78 is 27.3. The van der Waals surface area contributed by atoms with Crippen molar-refractivity contribution in [2.24, 2.45) is 0 Å². The molecule has 0 radical (unpaired) electrons. The number of benzene rings is 2. The molecular weight excluding hydrogens is 498 g/mol. The smallest absolute Gasteiger partial charge is 0.255 e. The van der Waals surface area contributed by atoms with Crippen LogP contribution >= 0.6 is 0 Å². The van der Waals surface area contributed by atoms with Crippen molar-refractivity contribution in [3.05, 3.63) is 89.6 Å². The minimum Gasteiger partial charge on any atom is -0.370 e. The van der Waals surface area contributed by atoms with E-state index in [0.29, 0.717) is 43.4 Å². The van der Waals surface area contributed by atoms with Gasteiger partial charge in [-0.2, -0.15) is 9.57 Å². The molecule has 0 aromatic heterocycles. The van der Waals surface area contributed by atoms with Crippen molar-refractivity contribution in [2.45, 2.75) is 30.3 Å². The second-order valence-electron chi connectivity index (χ2n) is 10.0. The zero-order valence-corrected chi connectivity index (χ0v) is 22.3. The third kappa shape index (κ3) is 5.83. The summed E-state index contributed by atoms with van der Waals surface area (Å²) in [5.41, 5.74) is 2.56. The molecule has 38 heavy (non-hydrogen) atoms. The molecule has 0 N–H and O–H groups in total. The summed E-state index contributed by atoms with van der Waals surface area (Å²) in [5, 5.41) is 8.99. The highest BCUT2D eigenvalue weighted by Crippen LogP contribution is 2.23. The predicted octanol–water partition coefficient (Wildman–Crippen LogP) is 2.81. The number of nitriles is 1. The molecule has 198 valence electrons. The summed E-state index contributed by atoms with van der Waals surface area (Å²) in [6.07, 6.45) is 7.99. The number of carbonyl (C=O) groups excluding carboxylic acids is 1. The van der Waals surface area contributed by atoms with Gasteiger partial charge in [-0.15, -0.1) is 0 Å². The van der Waals surface area contributed by atoms with Crippen LogP contribution in [0.1, 0.15) is 24.0 Å². The molecule has 2 saturated heterocycles. The van der Waals surface area contributed by atoms with Crippen molar-refractivity contribution >= 4 is 15.9 Å². The molecule has 0 unspecified atom stereocenters. The monoisotopic (exact) mass is 531 g/mol. The standard InChI is InChI=1S/C29H33N5O3S/c30-21-24-8-10-25(11-9-24)22-31-15-12-27(13-16-31)33-14-4-5-26(23-33)29(35)32-17-19-34(20-18-32)38(36,37)28-6-2-1-3-7-28/h1-11,23,27H,12-20,22H2. The summed E-state index contributed by atoms with van der Waals surface area (Å²) in [6.45, 7) is 4.99. The van der Waals surface area contributed by atoms with Crippen molar-refractivity contribution in [3.63, 3.8) is 0 Å². The highest BCUT2D eigenvalue weighted by Gasteiger charge is 2.31. The van der Waals surface area contributed by atoms with Gasteiger partial charge in [0.25, 0.3) is 5.91 Å². The Balaban J connectivity index is 1.13. The maximum Gasteiger partial charge on any atom is 0.255 e. The molecule has 9 heteroatoms. The third-order valence-electron chi connectivity index (χ3n) is 7.59. The lowest BCUT2D eigenvalue weighted by Gasteiger charge is -2.39. The third-order valence-corrected chi connectivity index (χ3v) is 9.50. The normalized spacial score (nSPS) is 19.7. The molecule has 8 nitrogen and oxygen atoms in total. The summed E-state index contributed by atoms with van der Waals surface area (Å²) in [4.78, 5) is 20.1. The molecule has 0 bridgehead atoms. The topological polar surface area (TPSA) is 88.0 Å². The Kier molecular flexibility index (Phi) is 7.93. The molecule has 3 aliphatic rings. The van der Waals surface area contributed by atoms with Gasteiger partial charge in [0.05, 0.1) is 22.1 Å². The number of carbonyl (C=O) groups is 1. The van der Waals surface area contributed by atoms with Crippen LogP contribution in [-0.4, -0.2) is 85.2 Å². The highest BCUT2D eigenvalue weighted by molar-refractivity contribution is 7.89. The van der Waals surface area contributed by atoms with Crippen LogP contribution in [0.4, 0.5) is 0 Å². The molecule has 2 aromatic carbocycles. The van der Waals surface area contributed by atoms with Crippen LogP contribution in [0, 0.1) is 11.3 Å². The number of sulfonamides is 1. The average Bonchev–Trinajstić information content (AvgIpc) is 2.98. The van der Waals surface area contributed by atoms with Crippen molar-refractivity contribution in [2.75, 3.05) is 45.8 Å². The summed E-state index contributed by atoms with van der Waals surface area (Å²) in [5.74, 6) is -0.0408. The van der Waals surface area contributed by atoms with Gasteiger partial charge in [-0.1, -0.05) is 42.5 Å². The molecule has 2 fully saturated rings. The van der Waals surface area contributed by atoms with E-state index in [2.05, 4.69) is 15.9 Å². The van der Waals surface area contributed by atoms with Gasteiger partial charge in [-0.25, -0.2) is 8.42 Å². The number of piperidine rings is 1. The molecule has 5 rings (SSSR count). The number of hydrogen-bond acceptors (Lipinski definition) is 6. The molecule has 3 aliphatic heterocycles. The lowest BCUT2D eigenvalue weighted by Crippen LogP contribution is -2.51. The van der Waals surface area contributed by atoms with E-state index in [0.717, 1.165) is 39.0 Å². The van der Waals surface area contributed by atoms with Gasteiger partial charge < -0.3 is 9.80 Å². The first kappa shape index (κ1) is 26.2. The van der Waals surface area contributed by atoms with Crippen LogP contribution in [0.5, 0.6) is 0 Å². The van der Waals surface area contributed by atoms with Gasteiger partial charge in [-0.05, 0) is 42.7 Å². The van der Waals surface area contributed by atoms with Crippen LogP contribution in [0.15, 0.2) is 83.4 Å². The Hall–Kier alpha value is -3.45. The second-order valence-corrected chi connectivity index (χ2v) is 11.9. The molecule has 0 spiro atoms. The molecule has 0 saturated carbocycles. The van der Waals surface area contributed by atoms with Gasteiger partial charge in [0, 0.05) is 64.6 Å². The molecular formula is C29H33N5O3S. The first-order chi connectivity index (χ1) is 18.4. The number of hydrogen-bond donors (Lipinski definition) is 0. The zero-order valence-electron chi connectivity index (χ0n) is 21.4. The number of rotatable bonds is 6. The first-order valence-corrected chi connectivity index (χ1v) is 14.6.